The molecule has 10 nitrogen and oxygen atoms in total. The van der Waals surface area contributed by atoms with Crippen molar-refractivity contribution in [2.24, 2.45) is 5.92 Å². The molecule has 2 aromatic rings. The van der Waals surface area contributed by atoms with Gasteiger partial charge in [-0.25, -0.2) is 4.39 Å². The average molecular weight is 492 g/mol. The Bertz CT molecular complexity index is 1200. The number of amides is 2. The third kappa shape index (κ3) is 4.89. The van der Waals surface area contributed by atoms with Gasteiger partial charge in [0, 0.05) is 25.2 Å². The summed E-state index contributed by atoms with van der Waals surface area (Å²) < 4.78 is 18.5. The molecule has 0 aliphatic carbocycles. The fraction of sp³-hybridized carbons (Fsp3) is 0.409. The maximum atomic E-state index is 13.4. The lowest BCUT2D eigenvalue weighted by Gasteiger charge is -2.32. The molecule has 0 radical (unpaired) electrons. The summed E-state index contributed by atoms with van der Waals surface area (Å²) in [5, 5.41) is 4.95. The molecule has 0 saturated carbocycles. The summed E-state index contributed by atoms with van der Waals surface area (Å²) in [5.41, 5.74) is -0.327. The van der Waals surface area contributed by atoms with Crippen LogP contribution in [-0.4, -0.2) is 47.4 Å². The Hall–Kier alpha value is -3.47. The van der Waals surface area contributed by atoms with Crippen molar-refractivity contribution in [3.05, 3.63) is 45.0 Å². The molecule has 1 fully saturated rings. The Morgan fingerprint density at radius 2 is 2.15 bits per heavy atom. The molecule has 2 amide bonds. The second-order valence-corrected chi connectivity index (χ2v) is 8.52. The first-order chi connectivity index (χ1) is 16.3. The minimum Gasteiger partial charge on any atom is -0.466 e. The third-order valence-corrected chi connectivity index (χ3v) is 6.07. The predicted octanol–water partition coefficient (Wildman–Crippen LogP) is 2.41. The molecular weight excluding hydrogens is 469 g/mol. The number of halogens is 2. The molecule has 2 atom stereocenters. The van der Waals surface area contributed by atoms with Gasteiger partial charge in [-0.3, -0.25) is 24.2 Å². The molecule has 1 aromatic carbocycles. The number of esters is 1. The molecule has 4 rings (SSSR count). The number of aromatic nitrogens is 2. The van der Waals surface area contributed by atoms with Crippen LogP contribution in [0.3, 0.4) is 0 Å². The molecule has 34 heavy (non-hydrogen) atoms. The van der Waals surface area contributed by atoms with E-state index in [1.807, 2.05) is 0 Å². The Labute approximate surface area is 198 Å². The Morgan fingerprint density at radius 1 is 1.35 bits per heavy atom. The summed E-state index contributed by atoms with van der Waals surface area (Å²) >= 11 is 5.76. The minimum absolute atomic E-state index is 0.00875. The fourth-order valence-corrected chi connectivity index (χ4v) is 4.34. The summed E-state index contributed by atoms with van der Waals surface area (Å²) in [4.78, 5) is 59.2. The van der Waals surface area contributed by atoms with Gasteiger partial charge in [-0.1, -0.05) is 11.6 Å². The number of fused-ring (bicyclic) bond motifs is 1. The third-order valence-electron chi connectivity index (χ3n) is 5.78. The van der Waals surface area contributed by atoms with Crippen molar-refractivity contribution in [1.82, 2.24) is 9.97 Å². The van der Waals surface area contributed by atoms with E-state index in [0.717, 1.165) is 6.07 Å². The lowest BCUT2D eigenvalue weighted by atomic mass is 9.92. The van der Waals surface area contributed by atoms with Crippen molar-refractivity contribution in [3.63, 3.8) is 0 Å². The monoisotopic (exact) mass is 491 g/mol. The molecule has 3 N–H and O–H groups in total. The number of aromatic amines is 1. The Kier molecular flexibility index (Phi) is 6.82. The highest BCUT2D eigenvalue weighted by molar-refractivity contribution is 6.31. The zero-order chi connectivity index (χ0) is 24.4. The minimum atomic E-state index is -1.11. The van der Waals surface area contributed by atoms with E-state index in [0.29, 0.717) is 25.9 Å². The quantitative estimate of drug-likeness (QED) is 0.547. The number of H-pyrrole nitrogens is 1. The van der Waals surface area contributed by atoms with E-state index in [1.165, 1.54) is 12.1 Å². The smallest absolute Gasteiger partial charge is 0.310 e. The first kappa shape index (κ1) is 23.7. The van der Waals surface area contributed by atoms with Gasteiger partial charge in [0.05, 0.1) is 29.0 Å². The highest BCUT2D eigenvalue weighted by Gasteiger charge is 2.36. The molecule has 3 heterocycles. The van der Waals surface area contributed by atoms with Crippen LogP contribution in [0, 0.1) is 11.7 Å². The maximum Gasteiger partial charge on any atom is 0.310 e. The summed E-state index contributed by atoms with van der Waals surface area (Å²) in [7, 11) is 0. The van der Waals surface area contributed by atoms with E-state index in [4.69, 9.17) is 16.3 Å². The van der Waals surface area contributed by atoms with E-state index >= 15 is 0 Å². The van der Waals surface area contributed by atoms with Crippen LogP contribution >= 0.6 is 11.6 Å². The fourth-order valence-electron chi connectivity index (χ4n) is 4.16. The van der Waals surface area contributed by atoms with Gasteiger partial charge in [0.15, 0.2) is 0 Å². The summed E-state index contributed by atoms with van der Waals surface area (Å²) in [5.74, 6) is -3.32. The van der Waals surface area contributed by atoms with Crippen molar-refractivity contribution < 1.29 is 23.5 Å². The molecule has 2 aliphatic heterocycles. The first-order valence-corrected chi connectivity index (χ1v) is 11.3. The van der Waals surface area contributed by atoms with Gasteiger partial charge in [0.25, 0.3) is 5.56 Å². The van der Waals surface area contributed by atoms with E-state index in [1.54, 1.807) is 11.8 Å². The molecule has 0 unspecified atom stereocenters. The van der Waals surface area contributed by atoms with Gasteiger partial charge in [-0.15, -0.1) is 0 Å². The van der Waals surface area contributed by atoms with Crippen molar-refractivity contribution in [2.45, 2.75) is 32.1 Å². The van der Waals surface area contributed by atoms with Gasteiger partial charge >= 0.3 is 5.97 Å². The van der Waals surface area contributed by atoms with Crippen LogP contribution in [0.4, 0.5) is 21.8 Å². The number of piperidine rings is 1. The molecule has 1 aromatic heterocycles. The van der Waals surface area contributed by atoms with Crippen LogP contribution < -0.4 is 21.1 Å². The number of hydrogen-bond acceptors (Lipinski definition) is 7. The standard InChI is InChI=1S/C22H23ClFN5O5/c1-2-34-21(33)11-4-3-7-29(10-11)22-27-18-17(20(32)28-22)13(9-16(30)26-18)19(31)25-12-5-6-15(24)14(23)8-12/h5-6,8,11,13H,2-4,7,9-10H2,1H3,(H,25,31)(H2,26,27,28,30,32)/t11-,13+/m1/s1. The van der Waals surface area contributed by atoms with E-state index in [-0.39, 0.29) is 53.0 Å². The molecule has 0 spiro atoms. The largest absolute Gasteiger partial charge is 0.466 e. The second-order valence-electron chi connectivity index (χ2n) is 8.11. The number of ether oxygens (including phenoxy) is 1. The van der Waals surface area contributed by atoms with Crippen LogP contribution in [0.2, 0.25) is 5.02 Å². The summed E-state index contributed by atoms with van der Waals surface area (Å²) in [6, 6.07) is 3.66. The predicted molar refractivity (Wildman–Crippen MR) is 122 cm³/mol. The van der Waals surface area contributed by atoms with E-state index in [9.17, 15) is 23.6 Å². The van der Waals surface area contributed by atoms with Crippen molar-refractivity contribution in [2.75, 3.05) is 35.2 Å². The molecule has 1 saturated heterocycles. The van der Waals surface area contributed by atoms with Crippen LogP contribution in [-0.2, 0) is 19.1 Å². The average Bonchev–Trinajstić information content (AvgIpc) is 2.80. The van der Waals surface area contributed by atoms with Crippen molar-refractivity contribution in [1.29, 1.82) is 0 Å². The maximum absolute atomic E-state index is 13.4. The lowest BCUT2D eigenvalue weighted by molar-refractivity contribution is -0.148. The normalized spacial score (nSPS) is 19.7. The number of hydrogen-bond donors (Lipinski definition) is 3. The van der Waals surface area contributed by atoms with Crippen LogP contribution in [0.5, 0.6) is 0 Å². The highest BCUT2D eigenvalue weighted by Crippen LogP contribution is 2.31. The van der Waals surface area contributed by atoms with E-state index in [2.05, 4.69) is 20.6 Å². The van der Waals surface area contributed by atoms with Gasteiger partial charge in [0.1, 0.15) is 11.6 Å². The van der Waals surface area contributed by atoms with Crippen LogP contribution in [0.15, 0.2) is 23.0 Å². The summed E-state index contributed by atoms with van der Waals surface area (Å²) in [6.07, 6.45) is 1.10. The zero-order valence-corrected chi connectivity index (χ0v) is 19.1. The molecule has 180 valence electrons. The van der Waals surface area contributed by atoms with Crippen molar-refractivity contribution in [3.8, 4) is 0 Å². The number of carbonyl (C=O) groups excluding carboxylic acids is 3. The van der Waals surface area contributed by atoms with Gasteiger partial charge < -0.3 is 20.3 Å². The topological polar surface area (TPSA) is 133 Å². The Balaban J connectivity index is 1.59. The van der Waals surface area contributed by atoms with Gasteiger partial charge in [-0.05, 0) is 38.0 Å². The zero-order valence-electron chi connectivity index (χ0n) is 18.3. The molecule has 12 heteroatoms. The SMILES string of the molecule is CCOC(=O)[C@@H]1CCCN(c2nc3c(c(=O)[nH]2)[C@@H](C(=O)Nc2ccc(F)c(Cl)c2)CC(=O)N3)C1. The number of carbonyl (C=O) groups is 3. The number of rotatable bonds is 5. The number of nitrogens with zero attached hydrogens (tertiary/aromatic N) is 2. The summed E-state index contributed by atoms with van der Waals surface area (Å²) in [6.45, 7) is 2.88. The number of benzene rings is 1. The van der Waals surface area contributed by atoms with Gasteiger partial charge in [0.2, 0.25) is 17.8 Å². The Morgan fingerprint density at radius 3 is 2.88 bits per heavy atom. The second kappa shape index (κ2) is 9.80. The number of nitrogens with one attached hydrogen (secondary N) is 3. The molecule has 2 aliphatic rings. The molecule has 0 bridgehead atoms. The number of anilines is 3. The van der Waals surface area contributed by atoms with E-state index < -0.39 is 29.1 Å². The van der Waals surface area contributed by atoms with Crippen LogP contribution in [0.1, 0.15) is 37.7 Å². The van der Waals surface area contributed by atoms with Crippen LogP contribution in [0.25, 0.3) is 0 Å². The lowest BCUT2D eigenvalue weighted by Crippen LogP contribution is -2.42. The highest BCUT2D eigenvalue weighted by atomic mass is 35.5. The molecular formula is C22H23ClFN5O5. The first-order valence-electron chi connectivity index (χ1n) is 10.9. The van der Waals surface area contributed by atoms with Gasteiger partial charge in [-0.2, -0.15) is 4.98 Å². The van der Waals surface area contributed by atoms with Crippen molar-refractivity contribution >= 4 is 46.8 Å².